The highest BCUT2D eigenvalue weighted by Crippen LogP contribution is 2.17. The molecule has 0 saturated heterocycles. The van der Waals surface area contributed by atoms with Crippen LogP contribution in [-0.2, 0) is 6.61 Å². The molecular formula is C16H11N3O2S. The van der Waals surface area contributed by atoms with Gasteiger partial charge >= 0.3 is 0 Å². The molecule has 0 aliphatic rings. The van der Waals surface area contributed by atoms with Crippen LogP contribution in [0.2, 0.25) is 0 Å². The Morgan fingerprint density at radius 1 is 1.05 bits per heavy atom. The van der Waals surface area contributed by atoms with Gasteiger partial charge in [-0.1, -0.05) is 41.7 Å². The summed E-state index contributed by atoms with van der Waals surface area (Å²) in [5, 5.41) is 5.59. The third kappa shape index (κ3) is 2.23. The van der Waals surface area contributed by atoms with Crippen LogP contribution in [0.5, 0.6) is 5.75 Å². The lowest BCUT2D eigenvalue weighted by molar-refractivity contribution is 0.304. The summed E-state index contributed by atoms with van der Waals surface area (Å²) in [6, 6.07) is 16.8. The standard InChI is InChI=1S/C16H11N3O2S/c20-15-12-8-4-5-9-13(12)17-16-19(15)18-14(22-16)10-21-11-6-2-1-3-7-11/h1-9H,10H2. The Hall–Kier alpha value is -2.73. The molecule has 0 fully saturated rings. The van der Waals surface area contributed by atoms with Gasteiger partial charge in [0.2, 0.25) is 4.96 Å². The predicted molar refractivity (Wildman–Crippen MR) is 85.4 cm³/mol. The number of rotatable bonds is 3. The molecule has 0 aliphatic carbocycles. The number of hydrogen-bond acceptors (Lipinski definition) is 5. The number of hydrogen-bond donors (Lipinski definition) is 0. The van der Waals surface area contributed by atoms with E-state index in [1.807, 2.05) is 48.5 Å². The first-order chi connectivity index (χ1) is 10.8. The molecule has 0 unspecified atom stereocenters. The van der Waals surface area contributed by atoms with E-state index in [0.717, 1.165) is 5.75 Å². The minimum atomic E-state index is -0.150. The molecule has 0 bridgehead atoms. The molecule has 0 spiro atoms. The number of aromatic nitrogens is 3. The number of ether oxygens (including phenoxy) is 1. The Morgan fingerprint density at radius 2 is 1.82 bits per heavy atom. The molecule has 0 amide bonds. The van der Waals surface area contributed by atoms with Crippen LogP contribution < -0.4 is 10.3 Å². The molecule has 2 aromatic carbocycles. The van der Waals surface area contributed by atoms with Gasteiger partial charge in [0.1, 0.15) is 12.4 Å². The zero-order valence-corrected chi connectivity index (χ0v) is 12.3. The molecule has 0 saturated carbocycles. The number of fused-ring (bicyclic) bond motifs is 2. The van der Waals surface area contributed by atoms with Gasteiger partial charge in [-0.3, -0.25) is 4.79 Å². The van der Waals surface area contributed by atoms with Crippen molar-refractivity contribution in [1.82, 2.24) is 14.6 Å². The quantitative estimate of drug-likeness (QED) is 0.584. The maximum atomic E-state index is 12.4. The van der Waals surface area contributed by atoms with Crippen LogP contribution >= 0.6 is 11.3 Å². The molecule has 6 heteroatoms. The van der Waals surface area contributed by atoms with Gasteiger partial charge in [0, 0.05) is 0 Å². The van der Waals surface area contributed by atoms with E-state index < -0.39 is 0 Å². The lowest BCUT2D eigenvalue weighted by Gasteiger charge is -2.01. The van der Waals surface area contributed by atoms with Gasteiger partial charge in [-0.15, -0.1) is 0 Å². The highest BCUT2D eigenvalue weighted by Gasteiger charge is 2.10. The maximum Gasteiger partial charge on any atom is 0.283 e. The van der Waals surface area contributed by atoms with E-state index in [1.54, 1.807) is 6.07 Å². The Bertz CT molecular complexity index is 1010. The second kappa shape index (κ2) is 5.23. The van der Waals surface area contributed by atoms with E-state index >= 15 is 0 Å². The Kier molecular flexibility index (Phi) is 3.08. The van der Waals surface area contributed by atoms with Gasteiger partial charge in [0.05, 0.1) is 10.9 Å². The summed E-state index contributed by atoms with van der Waals surface area (Å²) in [5.74, 6) is 0.771. The first kappa shape index (κ1) is 13.0. The molecule has 5 nitrogen and oxygen atoms in total. The molecule has 22 heavy (non-hydrogen) atoms. The molecule has 0 N–H and O–H groups in total. The minimum Gasteiger partial charge on any atom is -0.486 e. The van der Waals surface area contributed by atoms with Crippen molar-refractivity contribution in [1.29, 1.82) is 0 Å². The summed E-state index contributed by atoms with van der Waals surface area (Å²) in [4.78, 5) is 17.5. The largest absolute Gasteiger partial charge is 0.486 e. The topological polar surface area (TPSA) is 56.5 Å². The summed E-state index contributed by atoms with van der Waals surface area (Å²) in [6.07, 6.45) is 0. The lowest BCUT2D eigenvalue weighted by atomic mass is 10.2. The van der Waals surface area contributed by atoms with Crippen molar-refractivity contribution in [2.45, 2.75) is 6.61 Å². The van der Waals surface area contributed by atoms with Crippen molar-refractivity contribution in [2.24, 2.45) is 0 Å². The van der Waals surface area contributed by atoms with Crippen molar-refractivity contribution in [3.8, 4) is 5.75 Å². The van der Waals surface area contributed by atoms with E-state index in [0.29, 0.717) is 27.5 Å². The smallest absolute Gasteiger partial charge is 0.283 e. The molecule has 4 aromatic rings. The van der Waals surface area contributed by atoms with Crippen molar-refractivity contribution in [3.63, 3.8) is 0 Å². The number of para-hydroxylation sites is 2. The molecule has 2 aromatic heterocycles. The molecule has 4 rings (SSSR count). The molecule has 0 atom stereocenters. The summed E-state index contributed by atoms with van der Waals surface area (Å²) in [6.45, 7) is 0.313. The van der Waals surface area contributed by atoms with E-state index in [-0.39, 0.29) is 5.56 Å². The lowest BCUT2D eigenvalue weighted by Crippen LogP contribution is -2.15. The monoisotopic (exact) mass is 309 g/mol. The van der Waals surface area contributed by atoms with Crippen LogP contribution in [-0.4, -0.2) is 14.6 Å². The fourth-order valence-electron chi connectivity index (χ4n) is 2.22. The summed E-state index contributed by atoms with van der Waals surface area (Å²) in [5.41, 5.74) is 0.537. The van der Waals surface area contributed by atoms with Crippen LogP contribution in [0, 0.1) is 0 Å². The zero-order valence-electron chi connectivity index (χ0n) is 11.5. The SMILES string of the molecule is O=c1c2ccccc2nc2sc(COc3ccccc3)nn12. The highest BCUT2D eigenvalue weighted by atomic mass is 32.1. The first-order valence-corrected chi connectivity index (χ1v) is 7.58. The predicted octanol–water partition coefficient (Wildman–Crippen LogP) is 2.88. The minimum absolute atomic E-state index is 0.150. The molecule has 0 aliphatic heterocycles. The summed E-state index contributed by atoms with van der Waals surface area (Å²) >= 11 is 1.36. The van der Waals surface area contributed by atoms with Crippen molar-refractivity contribution >= 4 is 27.2 Å². The zero-order chi connectivity index (χ0) is 14.9. The third-order valence-corrected chi connectivity index (χ3v) is 4.13. The van der Waals surface area contributed by atoms with Gasteiger partial charge in [-0.2, -0.15) is 9.61 Å². The van der Waals surface area contributed by atoms with Crippen LogP contribution in [0.15, 0.2) is 59.4 Å². The average Bonchev–Trinajstić information content (AvgIpc) is 2.97. The first-order valence-electron chi connectivity index (χ1n) is 6.76. The third-order valence-electron chi connectivity index (χ3n) is 3.25. The van der Waals surface area contributed by atoms with Gasteiger partial charge in [-0.25, -0.2) is 4.98 Å². The fourth-order valence-corrected chi connectivity index (χ4v) is 3.02. The van der Waals surface area contributed by atoms with E-state index in [4.69, 9.17) is 4.74 Å². The van der Waals surface area contributed by atoms with Crippen LogP contribution in [0.4, 0.5) is 0 Å². The highest BCUT2D eigenvalue weighted by molar-refractivity contribution is 7.16. The van der Waals surface area contributed by atoms with Gasteiger partial charge in [-0.05, 0) is 24.3 Å². The fraction of sp³-hybridized carbons (Fsp3) is 0.0625. The van der Waals surface area contributed by atoms with E-state index in [1.165, 1.54) is 15.9 Å². The Morgan fingerprint density at radius 3 is 2.68 bits per heavy atom. The number of benzene rings is 2. The van der Waals surface area contributed by atoms with E-state index in [2.05, 4.69) is 10.1 Å². The normalized spacial score (nSPS) is 11.1. The van der Waals surface area contributed by atoms with Crippen LogP contribution in [0.25, 0.3) is 15.9 Å². The maximum absolute atomic E-state index is 12.4. The molecular weight excluding hydrogens is 298 g/mol. The van der Waals surface area contributed by atoms with Crippen molar-refractivity contribution < 1.29 is 4.74 Å². The second-order valence-electron chi connectivity index (χ2n) is 4.73. The summed E-state index contributed by atoms with van der Waals surface area (Å²) < 4.78 is 7.01. The molecule has 2 heterocycles. The number of nitrogens with zero attached hydrogens (tertiary/aromatic N) is 3. The van der Waals surface area contributed by atoms with Crippen molar-refractivity contribution in [2.75, 3.05) is 0 Å². The van der Waals surface area contributed by atoms with Gasteiger partial charge in [0.15, 0.2) is 5.01 Å². The summed E-state index contributed by atoms with van der Waals surface area (Å²) in [7, 11) is 0. The average molecular weight is 309 g/mol. The van der Waals surface area contributed by atoms with Crippen molar-refractivity contribution in [3.05, 3.63) is 70.0 Å². The Labute approximate surface area is 129 Å². The molecule has 108 valence electrons. The molecule has 0 radical (unpaired) electrons. The second-order valence-corrected chi connectivity index (χ2v) is 5.77. The van der Waals surface area contributed by atoms with Crippen LogP contribution in [0.3, 0.4) is 0 Å². The van der Waals surface area contributed by atoms with Gasteiger partial charge in [0.25, 0.3) is 5.56 Å². The van der Waals surface area contributed by atoms with E-state index in [9.17, 15) is 4.79 Å². The van der Waals surface area contributed by atoms with Crippen LogP contribution in [0.1, 0.15) is 5.01 Å². The van der Waals surface area contributed by atoms with Gasteiger partial charge < -0.3 is 4.74 Å². The Balaban J connectivity index is 1.73.